The average Bonchev–Trinajstić information content (AvgIpc) is 3.52. The lowest BCUT2D eigenvalue weighted by Gasteiger charge is -2.40. The van der Waals surface area contributed by atoms with Crippen LogP contribution in [-0.4, -0.2) is 59.9 Å². The minimum Gasteiger partial charge on any atom is -0.444 e. The molecule has 4 rings (SSSR count). The highest BCUT2D eigenvalue weighted by Crippen LogP contribution is 2.39. The molecule has 1 aromatic heterocycles. The molecule has 36 heavy (non-hydrogen) atoms. The average molecular weight is 515 g/mol. The van der Waals surface area contributed by atoms with Crippen LogP contribution in [-0.2, 0) is 22.8 Å². The molecule has 0 spiro atoms. The van der Waals surface area contributed by atoms with Crippen molar-refractivity contribution in [3.8, 4) is 0 Å². The Kier molecular flexibility index (Phi) is 7.25. The van der Waals surface area contributed by atoms with E-state index in [0.717, 1.165) is 50.0 Å². The Hall–Kier alpha value is -2.06. The predicted octanol–water partition coefficient (Wildman–Crippen LogP) is 6.46. The number of nitrogens with zero attached hydrogens (tertiary/aromatic N) is 4. The number of aryl methyl sites for hydroxylation is 1. The van der Waals surface area contributed by atoms with Crippen molar-refractivity contribution < 1.29 is 14.0 Å². The maximum atomic E-state index is 13.0. The normalized spacial score (nSPS) is 18.1. The first kappa shape index (κ1) is 27.0. The predicted molar refractivity (Wildman–Crippen MR) is 149 cm³/mol. The zero-order valence-electron chi connectivity index (χ0n) is 23.9. The van der Waals surface area contributed by atoms with Crippen LogP contribution < -0.4 is 4.90 Å². The maximum absolute atomic E-state index is 13.0. The van der Waals surface area contributed by atoms with Crippen LogP contribution in [0.3, 0.4) is 0 Å². The van der Waals surface area contributed by atoms with Crippen molar-refractivity contribution in [2.75, 3.05) is 18.0 Å². The highest BCUT2D eigenvalue weighted by atomic mass is 28.4. The third-order valence-corrected chi connectivity index (χ3v) is 12.6. The summed E-state index contributed by atoms with van der Waals surface area (Å²) in [7, 11) is 0.136. The van der Waals surface area contributed by atoms with Gasteiger partial charge < -0.3 is 19.0 Å². The quantitative estimate of drug-likeness (QED) is 0.414. The van der Waals surface area contributed by atoms with Crippen molar-refractivity contribution >= 4 is 31.0 Å². The molecular weight excluding hydrogens is 468 g/mol. The van der Waals surface area contributed by atoms with E-state index in [2.05, 4.69) is 57.0 Å². The molecule has 2 fully saturated rings. The van der Waals surface area contributed by atoms with Crippen molar-refractivity contribution in [3.63, 3.8) is 0 Å². The lowest BCUT2D eigenvalue weighted by Crippen LogP contribution is -2.50. The zero-order chi connectivity index (χ0) is 26.5. The molecule has 2 aliphatic rings. The molecule has 2 heterocycles. The van der Waals surface area contributed by atoms with E-state index in [9.17, 15) is 4.79 Å². The molecule has 0 N–H and O–H groups in total. The summed E-state index contributed by atoms with van der Waals surface area (Å²) in [4.78, 5) is 17.5. The Labute approximate surface area is 218 Å². The second kappa shape index (κ2) is 9.67. The number of ether oxygens (including phenoxy) is 1. The highest BCUT2D eigenvalue weighted by molar-refractivity contribution is 6.74. The lowest BCUT2D eigenvalue weighted by atomic mass is 10.0. The molecule has 1 aromatic carbocycles. The summed E-state index contributed by atoms with van der Waals surface area (Å²) in [6.45, 7) is 19.7. The van der Waals surface area contributed by atoms with Crippen molar-refractivity contribution in [3.05, 3.63) is 23.9 Å². The van der Waals surface area contributed by atoms with Gasteiger partial charge in [-0.15, -0.1) is 0 Å². The molecule has 1 aliphatic heterocycles. The van der Waals surface area contributed by atoms with Crippen LogP contribution in [0.4, 0.5) is 10.5 Å². The Balaban J connectivity index is 1.52. The summed E-state index contributed by atoms with van der Waals surface area (Å²) in [6, 6.07) is 6.99. The van der Waals surface area contributed by atoms with Gasteiger partial charge in [-0.3, -0.25) is 4.68 Å². The van der Waals surface area contributed by atoms with Gasteiger partial charge in [0.2, 0.25) is 0 Å². The standard InChI is InChI=1S/C28H46N4O3Si/c1-27(2,3)35-26(33)32(20-13-14-20)21-15-17-31(18-16-21)23-12-10-11-22-25(23)24(30(7)29-22)19-34-36(8,9)28(4,5)6/h10-12,20-21H,13-19H2,1-9H3. The van der Waals surface area contributed by atoms with Crippen LogP contribution in [0.15, 0.2) is 18.2 Å². The minimum absolute atomic E-state index is 0.150. The summed E-state index contributed by atoms with van der Waals surface area (Å²) in [6.07, 6.45) is 3.92. The van der Waals surface area contributed by atoms with Crippen molar-refractivity contribution in [1.82, 2.24) is 14.7 Å². The summed E-state index contributed by atoms with van der Waals surface area (Å²) in [5.74, 6) is 0. The Morgan fingerprint density at radius 3 is 2.22 bits per heavy atom. The van der Waals surface area contributed by atoms with E-state index in [1.807, 2.05) is 37.4 Å². The van der Waals surface area contributed by atoms with E-state index in [-0.39, 0.29) is 17.2 Å². The van der Waals surface area contributed by atoms with Crippen LogP contribution in [0, 0.1) is 0 Å². The first-order chi connectivity index (χ1) is 16.7. The number of piperidine rings is 1. The second-order valence-corrected chi connectivity index (χ2v) is 17.9. The van der Waals surface area contributed by atoms with E-state index in [4.69, 9.17) is 14.3 Å². The van der Waals surface area contributed by atoms with Crippen LogP contribution in [0.1, 0.15) is 72.9 Å². The van der Waals surface area contributed by atoms with Crippen molar-refractivity contribution in [2.24, 2.45) is 7.05 Å². The first-order valence-corrected chi connectivity index (χ1v) is 16.4. The highest BCUT2D eigenvalue weighted by Gasteiger charge is 2.41. The zero-order valence-corrected chi connectivity index (χ0v) is 24.9. The van der Waals surface area contributed by atoms with E-state index < -0.39 is 13.9 Å². The van der Waals surface area contributed by atoms with Crippen LogP contribution in [0.5, 0.6) is 0 Å². The van der Waals surface area contributed by atoms with E-state index in [0.29, 0.717) is 12.6 Å². The van der Waals surface area contributed by atoms with Gasteiger partial charge in [0.25, 0.3) is 0 Å². The smallest absolute Gasteiger partial charge is 0.410 e. The molecule has 1 amide bonds. The fraction of sp³-hybridized carbons (Fsp3) is 0.714. The van der Waals surface area contributed by atoms with Gasteiger partial charge in [0, 0.05) is 43.3 Å². The van der Waals surface area contributed by atoms with Crippen LogP contribution in [0.25, 0.3) is 10.9 Å². The molecular formula is C28H46N4O3Si. The minimum atomic E-state index is -1.89. The molecule has 1 aliphatic carbocycles. The fourth-order valence-electron chi connectivity index (χ4n) is 4.83. The summed E-state index contributed by atoms with van der Waals surface area (Å²) in [5, 5.41) is 6.18. The number of carbonyl (C=O) groups excluding carboxylic acids is 1. The molecule has 0 unspecified atom stereocenters. The van der Waals surface area contributed by atoms with Gasteiger partial charge in [-0.1, -0.05) is 26.8 Å². The Morgan fingerprint density at radius 1 is 1.06 bits per heavy atom. The van der Waals surface area contributed by atoms with Gasteiger partial charge in [0.05, 0.1) is 17.8 Å². The molecule has 0 bridgehead atoms. The molecule has 8 heteroatoms. The number of carbonyl (C=O) groups is 1. The van der Waals surface area contributed by atoms with Gasteiger partial charge in [-0.25, -0.2) is 4.79 Å². The lowest BCUT2D eigenvalue weighted by molar-refractivity contribution is 0.0114. The number of rotatable bonds is 6. The van der Waals surface area contributed by atoms with Crippen LogP contribution in [0.2, 0.25) is 18.1 Å². The van der Waals surface area contributed by atoms with E-state index in [1.54, 1.807) is 0 Å². The molecule has 1 saturated heterocycles. The van der Waals surface area contributed by atoms with Gasteiger partial charge in [-0.2, -0.15) is 5.10 Å². The SMILES string of the molecule is Cn1nc2cccc(N3CCC(N(C(=O)OC(C)(C)C)C4CC4)CC3)c2c1CO[Si](C)(C)C(C)(C)C. The molecule has 2 aromatic rings. The largest absolute Gasteiger partial charge is 0.444 e. The molecule has 200 valence electrons. The molecule has 0 radical (unpaired) electrons. The summed E-state index contributed by atoms with van der Waals surface area (Å²) in [5.41, 5.74) is 2.91. The van der Waals surface area contributed by atoms with E-state index in [1.165, 1.54) is 11.1 Å². The second-order valence-electron chi connectivity index (χ2n) is 13.1. The first-order valence-electron chi connectivity index (χ1n) is 13.5. The summed E-state index contributed by atoms with van der Waals surface area (Å²) < 4.78 is 14.4. The van der Waals surface area contributed by atoms with Crippen molar-refractivity contribution in [2.45, 2.75) is 110 Å². The van der Waals surface area contributed by atoms with Gasteiger partial charge >= 0.3 is 6.09 Å². The Morgan fingerprint density at radius 2 is 1.67 bits per heavy atom. The monoisotopic (exact) mass is 514 g/mol. The number of aromatic nitrogens is 2. The van der Waals surface area contributed by atoms with Crippen LogP contribution >= 0.6 is 0 Å². The molecule has 1 saturated carbocycles. The van der Waals surface area contributed by atoms with Gasteiger partial charge in [0.1, 0.15) is 5.60 Å². The molecule has 0 atom stereocenters. The number of benzene rings is 1. The van der Waals surface area contributed by atoms with E-state index >= 15 is 0 Å². The maximum Gasteiger partial charge on any atom is 0.410 e. The number of hydrogen-bond acceptors (Lipinski definition) is 5. The van der Waals surface area contributed by atoms with Gasteiger partial charge in [0.15, 0.2) is 8.32 Å². The summed E-state index contributed by atoms with van der Waals surface area (Å²) >= 11 is 0. The third-order valence-electron chi connectivity index (χ3n) is 8.08. The fourth-order valence-corrected chi connectivity index (χ4v) is 5.76. The number of anilines is 1. The number of amides is 1. The van der Waals surface area contributed by atoms with Crippen molar-refractivity contribution in [1.29, 1.82) is 0 Å². The Bertz CT molecular complexity index is 1090. The number of fused-ring (bicyclic) bond motifs is 1. The van der Waals surface area contributed by atoms with Gasteiger partial charge in [-0.05, 0) is 76.7 Å². The third kappa shape index (κ3) is 5.75. The topological polar surface area (TPSA) is 59.8 Å². The number of hydrogen-bond donors (Lipinski definition) is 0. The molecule has 7 nitrogen and oxygen atoms in total.